The Labute approximate surface area is 217 Å². The molecule has 0 radical (unpaired) electrons. The van der Waals surface area contributed by atoms with Crippen LogP contribution in [0.1, 0.15) is 49.5 Å². The maximum atomic E-state index is 12.5. The Morgan fingerprint density at radius 3 is 2.29 bits per heavy atom. The molecule has 4 N–H and O–H groups in total. The number of H-pyrrole nitrogens is 1. The standard InChI is InChI=1S/C14H8F3N3O2.C12H21N3O/c15-14(16,17)8-3-1-7(2-4-8)10-6-19-12-11(20-10)9(5-18-12)13(21)22;1-12(2,3)10(14)11(16)15-6-4-9(8-13)5-7-15/h1-6H,(H,18,19)(H,21,22);9-10H,4-7,14H2,1-3H3/t;10-/m.0/s1. The molecule has 0 bridgehead atoms. The van der Waals surface area contributed by atoms with Crippen LogP contribution in [0.25, 0.3) is 22.4 Å². The number of rotatable bonds is 3. The predicted octanol–water partition coefficient (Wildman–Crippen LogP) is 4.46. The summed E-state index contributed by atoms with van der Waals surface area (Å²) in [6.45, 7) is 7.24. The Balaban J connectivity index is 0.000000223. The number of nitriles is 1. The highest BCUT2D eigenvalue weighted by Gasteiger charge is 2.33. The Hall–Kier alpha value is -3.98. The number of halogens is 3. The Morgan fingerprint density at radius 1 is 1.18 bits per heavy atom. The molecule has 1 amide bonds. The summed E-state index contributed by atoms with van der Waals surface area (Å²) >= 11 is 0. The van der Waals surface area contributed by atoms with Gasteiger partial charge in [0.1, 0.15) is 11.1 Å². The molecule has 38 heavy (non-hydrogen) atoms. The van der Waals surface area contributed by atoms with Gasteiger partial charge in [-0.15, -0.1) is 0 Å². The summed E-state index contributed by atoms with van der Waals surface area (Å²) < 4.78 is 37.6. The highest BCUT2D eigenvalue weighted by Crippen LogP contribution is 2.31. The van der Waals surface area contributed by atoms with Gasteiger partial charge in [-0.2, -0.15) is 18.4 Å². The van der Waals surface area contributed by atoms with Crippen LogP contribution in [0.2, 0.25) is 0 Å². The molecule has 3 heterocycles. The number of carboxylic acids is 1. The van der Waals surface area contributed by atoms with E-state index in [4.69, 9.17) is 16.1 Å². The lowest BCUT2D eigenvalue weighted by Gasteiger charge is -2.35. The van der Waals surface area contributed by atoms with Gasteiger partial charge in [-0.1, -0.05) is 32.9 Å². The van der Waals surface area contributed by atoms with Gasteiger partial charge in [0.15, 0.2) is 5.65 Å². The number of aromatic amines is 1. The molecule has 202 valence electrons. The van der Waals surface area contributed by atoms with E-state index < -0.39 is 23.8 Å². The molecule has 1 aromatic carbocycles. The maximum Gasteiger partial charge on any atom is 0.416 e. The van der Waals surface area contributed by atoms with Crippen molar-refractivity contribution in [1.29, 1.82) is 5.26 Å². The number of carbonyl (C=O) groups excluding carboxylic acids is 1. The summed E-state index contributed by atoms with van der Waals surface area (Å²) in [4.78, 5) is 35.8. The summed E-state index contributed by atoms with van der Waals surface area (Å²) in [6, 6.07) is 6.22. The van der Waals surface area contributed by atoms with Crippen LogP contribution >= 0.6 is 0 Å². The number of aromatic carboxylic acids is 1. The monoisotopic (exact) mass is 530 g/mol. The van der Waals surface area contributed by atoms with Crippen molar-refractivity contribution in [1.82, 2.24) is 19.9 Å². The number of nitrogens with zero attached hydrogens (tertiary/aromatic N) is 4. The minimum Gasteiger partial charge on any atom is -0.478 e. The topological polar surface area (TPSA) is 149 Å². The first kappa shape index (κ1) is 28.6. The van der Waals surface area contributed by atoms with Crippen molar-refractivity contribution in [3.05, 3.63) is 47.8 Å². The number of carbonyl (C=O) groups is 2. The van der Waals surface area contributed by atoms with E-state index in [9.17, 15) is 22.8 Å². The zero-order valence-corrected chi connectivity index (χ0v) is 21.2. The fourth-order valence-electron chi connectivity index (χ4n) is 3.82. The molecule has 2 aromatic heterocycles. The number of benzene rings is 1. The summed E-state index contributed by atoms with van der Waals surface area (Å²) in [6.07, 6.45) is -0.222. The van der Waals surface area contributed by atoms with Gasteiger partial charge in [0, 0.05) is 30.8 Å². The smallest absolute Gasteiger partial charge is 0.416 e. The number of alkyl halides is 3. The quantitative estimate of drug-likeness (QED) is 0.452. The number of amides is 1. The number of fused-ring (bicyclic) bond motifs is 1. The minimum atomic E-state index is -4.41. The van der Waals surface area contributed by atoms with Gasteiger partial charge >= 0.3 is 12.1 Å². The molecule has 0 saturated carbocycles. The molecule has 9 nitrogen and oxygen atoms in total. The second-order valence-corrected chi connectivity index (χ2v) is 10.1. The number of hydrogen-bond donors (Lipinski definition) is 3. The molecule has 1 fully saturated rings. The van der Waals surface area contributed by atoms with Crippen LogP contribution in [-0.2, 0) is 11.0 Å². The van der Waals surface area contributed by atoms with Crippen molar-refractivity contribution in [3.63, 3.8) is 0 Å². The van der Waals surface area contributed by atoms with E-state index in [1.807, 2.05) is 20.8 Å². The van der Waals surface area contributed by atoms with Crippen LogP contribution in [0.3, 0.4) is 0 Å². The summed E-state index contributed by atoms with van der Waals surface area (Å²) in [5.74, 6) is -1.04. The summed E-state index contributed by atoms with van der Waals surface area (Å²) in [7, 11) is 0. The molecule has 1 saturated heterocycles. The van der Waals surface area contributed by atoms with Crippen LogP contribution in [0, 0.1) is 22.7 Å². The first-order chi connectivity index (χ1) is 17.7. The van der Waals surface area contributed by atoms with Crippen molar-refractivity contribution in [2.75, 3.05) is 13.1 Å². The van der Waals surface area contributed by atoms with Crippen LogP contribution in [-0.4, -0.2) is 56.0 Å². The summed E-state index contributed by atoms with van der Waals surface area (Å²) in [5.41, 5.74) is 6.09. The molecule has 12 heteroatoms. The van der Waals surface area contributed by atoms with Gasteiger partial charge in [0.2, 0.25) is 5.91 Å². The number of nitrogens with two attached hydrogens (primary N) is 1. The van der Waals surface area contributed by atoms with Gasteiger partial charge in [0.05, 0.1) is 29.6 Å². The Morgan fingerprint density at radius 2 is 1.79 bits per heavy atom. The van der Waals surface area contributed by atoms with Crippen molar-refractivity contribution in [3.8, 4) is 17.3 Å². The lowest BCUT2D eigenvalue weighted by molar-refractivity contribution is -0.138. The Bertz CT molecular complexity index is 1330. The van der Waals surface area contributed by atoms with Crippen molar-refractivity contribution in [2.45, 2.75) is 45.8 Å². The zero-order chi connectivity index (χ0) is 28.3. The van der Waals surface area contributed by atoms with Crippen LogP contribution in [0.5, 0.6) is 0 Å². The van der Waals surface area contributed by atoms with Crippen LogP contribution < -0.4 is 5.73 Å². The fourth-order valence-corrected chi connectivity index (χ4v) is 3.82. The normalized spacial score (nSPS) is 15.4. The van der Waals surface area contributed by atoms with Crippen molar-refractivity contribution >= 4 is 23.0 Å². The van der Waals surface area contributed by atoms with Gasteiger partial charge < -0.3 is 20.7 Å². The predicted molar refractivity (Wildman–Crippen MR) is 134 cm³/mol. The first-order valence-electron chi connectivity index (χ1n) is 11.9. The van der Waals surface area contributed by atoms with Gasteiger partial charge in [-0.3, -0.25) is 4.79 Å². The Kier molecular flexibility index (Phi) is 8.41. The fraction of sp³-hybridized carbons (Fsp3) is 0.423. The molecular weight excluding hydrogens is 501 g/mol. The maximum absolute atomic E-state index is 12.5. The molecular formula is C26H29F3N6O3. The van der Waals surface area contributed by atoms with E-state index in [1.54, 1.807) is 4.90 Å². The highest BCUT2D eigenvalue weighted by atomic mass is 19.4. The molecule has 1 atom stereocenters. The molecule has 4 rings (SSSR count). The number of nitrogens with one attached hydrogen (secondary N) is 1. The van der Waals surface area contributed by atoms with Crippen LogP contribution in [0.4, 0.5) is 13.2 Å². The van der Waals surface area contributed by atoms with E-state index in [0.29, 0.717) is 30.0 Å². The lowest BCUT2D eigenvalue weighted by Crippen LogP contribution is -2.52. The largest absolute Gasteiger partial charge is 0.478 e. The van der Waals surface area contributed by atoms with E-state index in [0.717, 1.165) is 25.0 Å². The molecule has 1 aliphatic rings. The molecule has 3 aromatic rings. The van der Waals surface area contributed by atoms with Gasteiger partial charge in [0.25, 0.3) is 0 Å². The van der Waals surface area contributed by atoms with Crippen LogP contribution in [0.15, 0.2) is 36.7 Å². The first-order valence-corrected chi connectivity index (χ1v) is 11.9. The van der Waals surface area contributed by atoms with E-state index in [1.165, 1.54) is 24.5 Å². The minimum absolute atomic E-state index is 0.0175. The average molecular weight is 531 g/mol. The molecule has 1 aliphatic heterocycles. The van der Waals surface area contributed by atoms with Gasteiger partial charge in [-0.25, -0.2) is 14.8 Å². The molecule has 0 aliphatic carbocycles. The number of aromatic nitrogens is 3. The van der Waals surface area contributed by atoms with E-state index >= 15 is 0 Å². The summed E-state index contributed by atoms with van der Waals surface area (Å²) in [5, 5.41) is 17.8. The van der Waals surface area contributed by atoms with E-state index in [2.05, 4.69) is 21.0 Å². The van der Waals surface area contributed by atoms with Gasteiger partial charge in [-0.05, 0) is 30.4 Å². The lowest BCUT2D eigenvalue weighted by atomic mass is 9.86. The zero-order valence-electron chi connectivity index (χ0n) is 21.2. The number of carboxylic acid groups (broad SMARTS) is 1. The second kappa shape index (κ2) is 11.2. The van der Waals surface area contributed by atoms with Crippen molar-refractivity contribution < 1.29 is 27.9 Å². The number of hydrogen-bond acceptors (Lipinski definition) is 6. The van der Waals surface area contributed by atoms with Crippen molar-refractivity contribution in [2.24, 2.45) is 17.1 Å². The third-order valence-electron chi connectivity index (χ3n) is 6.31. The van der Waals surface area contributed by atoms with E-state index in [-0.39, 0.29) is 28.3 Å². The average Bonchev–Trinajstić information content (AvgIpc) is 3.31. The third kappa shape index (κ3) is 6.66. The second-order valence-electron chi connectivity index (χ2n) is 10.1. The molecule has 0 unspecified atom stereocenters. The third-order valence-corrected chi connectivity index (χ3v) is 6.31. The highest BCUT2D eigenvalue weighted by molar-refractivity contribution is 6.00. The molecule has 0 spiro atoms. The number of likely N-dealkylation sites (tertiary alicyclic amines) is 1. The SMILES string of the molecule is CC(C)(C)[C@@H](N)C(=O)N1CCC(C#N)CC1.O=C(O)c1c[nH]c2ncc(-c3ccc(C(F)(F)F)cc3)nc12. The number of piperidine rings is 1.